The van der Waals surface area contributed by atoms with Crippen LogP contribution in [0.2, 0.25) is 0 Å². The van der Waals surface area contributed by atoms with Gasteiger partial charge in [-0.1, -0.05) is 44.2 Å². The molecule has 162 valence electrons. The first-order chi connectivity index (χ1) is 15.0. The molecule has 2 atom stereocenters. The molecule has 0 aliphatic carbocycles. The molecule has 0 radical (unpaired) electrons. The molecule has 1 aromatic heterocycles. The van der Waals surface area contributed by atoms with Crippen LogP contribution in [-0.4, -0.2) is 44.7 Å². The summed E-state index contributed by atoms with van der Waals surface area (Å²) in [6, 6.07) is 14.7. The Balaban J connectivity index is 1.58. The van der Waals surface area contributed by atoms with Crippen LogP contribution in [0.1, 0.15) is 48.1 Å². The summed E-state index contributed by atoms with van der Waals surface area (Å²) >= 11 is 1.73. The fourth-order valence-electron chi connectivity index (χ4n) is 4.21. The van der Waals surface area contributed by atoms with Crippen LogP contribution in [0.15, 0.2) is 48.5 Å². The average Bonchev–Trinajstić information content (AvgIpc) is 3.33. The number of nitrogens with zero attached hydrogens (tertiary/aromatic N) is 2. The monoisotopic (exact) mass is 436 g/mol. The number of H-pyrrole nitrogens is 1. The number of aromatic amines is 1. The predicted molar refractivity (Wildman–Crippen MR) is 125 cm³/mol. The van der Waals surface area contributed by atoms with E-state index in [-0.39, 0.29) is 23.8 Å². The summed E-state index contributed by atoms with van der Waals surface area (Å²) in [6.07, 6.45) is 2.81. The minimum absolute atomic E-state index is 0.0184. The number of hydrogen-bond acceptors (Lipinski definition) is 4. The summed E-state index contributed by atoms with van der Waals surface area (Å²) in [7, 11) is 0. The van der Waals surface area contributed by atoms with Crippen LogP contribution in [0.25, 0.3) is 11.0 Å². The lowest BCUT2D eigenvalue weighted by molar-refractivity contribution is -0.128. The Morgan fingerprint density at radius 1 is 1.19 bits per heavy atom. The molecule has 4 rings (SSSR count). The largest absolute Gasteiger partial charge is 0.344 e. The summed E-state index contributed by atoms with van der Waals surface area (Å²) in [4.78, 5) is 36.3. The second-order valence-electron chi connectivity index (χ2n) is 8.26. The Morgan fingerprint density at radius 3 is 2.65 bits per heavy atom. The Morgan fingerprint density at radius 2 is 1.94 bits per heavy atom. The molecule has 2 aromatic carbocycles. The van der Waals surface area contributed by atoms with E-state index in [4.69, 9.17) is 4.98 Å². The highest BCUT2D eigenvalue weighted by atomic mass is 32.2. The van der Waals surface area contributed by atoms with Gasteiger partial charge < -0.3 is 15.2 Å². The summed E-state index contributed by atoms with van der Waals surface area (Å²) in [5.74, 6) is 1.41. The maximum absolute atomic E-state index is 13.5. The SMILES string of the molecule is CSCCC(NC(=O)C(C(C)C)N1Cc2ccccc2C1=O)c1nc2ccccc2[nH]1. The summed E-state index contributed by atoms with van der Waals surface area (Å²) < 4.78 is 0. The lowest BCUT2D eigenvalue weighted by atomic mass is 10.0. The van der Waals surface area contributed by atoms with Crippen molar-refractivity contribution in [3.63, 3.8) is 0 Å². The molecule has 31 heavy (non-hydrogen) atoms. The second-order valence-corrected chi connectivity index (χ2v) is 9.25. The predicted octanol–water partition coefficient (Wildman–Crippen LogP) is 4.15. The van der Waals surface area contributed by atoms with Crippen LogP contribution >= 0.6 is 11.8 Å². The van der Waals surface area contributed by atoms with Gasteiger partial charge in [-0.3, -0.25) is 9.59 Å². The lowest BCUT2D eigenvalue weighted by Crippen LogP contribution is -2.50. The van der Waals surface area contributed by atoms with Crippen LogP contribution < -0.4 is 5.32 Å². The van der Waals surface area contributed by atoms with E-state index in [0.717, 1.165) is 34.6 Å². The Bertz CT molecular complexity index is 1060. The van der Waals surface area contributed by atoms with Gasteiger partial charge in [-0.25, -0.2) is 4.98 Å². The number of carbonyl (C=O) groups excluding carboxylic acids is 2. The van der Waals surface area contributed by atoms with Crippen LogP contribution in [0.5, 0.6) is 0 Å². The summed E-state index contributed by atoms with van der Waals surface area (Å²) in [6.45, 7) is 4.43. The molecule has 0 fully saturated rings. The maximum atomic E-state index is 13.5. The van der Waals surface area contributed by atoms with Crippen LogP contribution in [0.4, 0.5) is 0 Å². The topological polar surface area (TPSA) is 78.1 Å². The van der Waals surface area contributed by atoms with Gasteiger partial charge in [0.2, 0.25) is 5.91 Å². The van der Waals surface area contributed by atoms with Crippen molar-refractivity contribution in [2.75, 3.05) is 12.0 Å². The van der Waals surface area contributed by atoms with Gasteiger partial charge in [0, 0.05) is 12.1 Å². The van der Waals surface area contributed by atoms with E-state index in [2.05, 4.69) is 16.6 Å². The van der Waals surface area contributed by atoms with Gasteiger partial charge in [-0.15, -0.1) is 0 Å². The fraction of sp³-hybridized carbons (Fsp3) is 0.375. The van der Waals surface area contributed by atoms with Crippen molar-refractivity contribution in [2.24, 2.45) is 5.92 Å². The van der Waals surface area contributed by atoms with Crippen molar-refractivity contribution >= 4 is 34.6 Å². The number of thioether (sulfide) groups is 1. The van der Waals surface area contributed by atoms with Crippen molar-refractivity contribution in [2.45, 2.75) is 38.9 Å². The van der Waals surface area contributed by atoms with Gasteiger partial charge in [0.25, 0.3) is 5.91 Å². The first kappa shape index (κ1) is 21.4. The van der Waals surface area contributed by atoms with Crippen molar-refractivity contribution in [1.29, 1.82) is 0 Å². The number of para-hydroxylation sites is 2. The molecule has 0 saturated heterocycles. The number of carbonyl (C=O) groups is 2. The highest BCUT2D eigenvalue weighted by molar-refractivity contribution is 7.98. The van der Waals surface area contributed by atoms with Gasteiger partial charge in [0.1, 0.15) is 11.9 Å². The average molecular weight is 437 g/mol. The van der Waals surface area contributed by atoms with Crippen molar-refractivity contribution < 1.29 is 9.59 Å². The Labute approximate surface area is 186 Å². The van der Waals surface area contributed by atoms with Crippen molar-refractivity contribution in [1.82, 2.24) is 20.2 Å². The van der Waals surface area contributed by atoms with Crippen molar-refractivity contribution in [3.05, 3.63) is 65.5 Å². The quantitative estimate of drug-likeness (QED) is 0.556. The van der Waals surface area contributed by atoms with Crippen LogP contribution in [-0.2, 0) is 11.3 Å². The van der Waals surface area contributed by atoms with E-state index >= 15 is 0 Å². The zero-order chi connectivity index (χ0) is 22.0. The number of benzene rings is 2. The zero-order valence-corrected chi connectivity index (χ0v) is 18.9. The smallest absolute Gasteiger partial charge is 0.255 e. The molecular formula is C24H28N4O2S. The molecule has 6 nitrogen and oxygen atoms in total. The van der Waals surface area contributed by atoms with Crippen molar-refractivity contribution in [3.8, 4) is 0 Å². The molecule has 2 N–H and O–H groups in total. The standard InChI is InChI=1S/C24H28N4O2S/c1-15(2)21(28-14-16-8-4-5-9-17(16)24(28)30)23(29)27-20(12-13-31-3)22-25-18-10-6-7-11-19(18)26-22/h4-11,15,20-21H,12-14H2,1-3H3,(H,25,26)(H,27,29). The molecule has 7 heteroatoms. The number of imidazole rings is 1. The molecule has 2 unspecified atom stereocenters. The Kier molecular flexibility index (Phi) is 6.32. The first-order valence-corrected chi connectivity index (χ1v) is 12.0. The number of nitrogens with one attached hydrogen (secondary N) is 2. The van der Waals surface area contributed by atoms with E-state index in [1.165, 1.54) is 0 Å². The fourth-order valence-corrected chi connectivity index (χ4v) is 4.68. The molecule has 0 bridgehead atoms. The van der Waals surface area contributed by atoms with Gasteiger partial charge in [-0.2, -0.15) is 11.8 Å². The number of aromatic nitrogens is 2. The summed E-state index contributed by atoms with van der Waals surface area (Å²) in [5, 5.41) is 3.19. The Hall–Kier alpha value is -2.80. The second kappa shape index (κ2) is 9.14. The van der Waals surface area contributed by atoms with E-state index < -0.39 is 6.04 Å². The maximum Gasteiger partial charge on any atom is 0.255 e. The molecular weight excluding hydrogens is 408 g/mol. The molecule has 2 heterocycles. The van der Waals surface area contributed by atoms with Crippen LogP contribution in [0.3, 0.4) is 0 Å². The highest BCUT2D eigenvalue weighted by Crippen LogP contribution is 2.28. The van der Waals surface area contributed by atoms with E-state index in [0.29, 0.717) is 12.1 Å². The minimum Gasteiger partial charge on any atom is -0.344 e. The van der Waals surface area contributed by atoms with E-state index in [1.807, 2.05) is 62.4 Å². The number of amides is 2. The van der Waals surface area contributed by atoms with Gasteiger partial charge in [0.05, 0.1) is 17.1 Å². The number of fused-ring (bicyclic) bond motifs is 2. The van der Waals surface area contributed by atoms with E-state index in [9.17, 15) is 9.59 Å². The summed E-state index contributed by atoms with van der Waals surface area (Å²) in [5.41, 5.74) is 3.50. The molecule has 1 aliphatic rings. The van der Waals surface area contributed by atoms with Gasteiger partial charge in [-0.05, 0) is 48.1 Å². The highest BCUT2D eigenvalue weighted by Gasteiger charge is 2.38. The van der Waals surface area contributed by atoms with Gasteiger partial charge >= 0.3 is 0 Å². The molecule has 0 saturated carbocycles. The molecule has 0 spiro atoms. The van der Waals surface area contributed by atoms with Gasteiger partial charge in [0.15, 0.2) is 0 Å². The van der Waals surface area contributed by atoms with E-state index in [1.54, 1.807) is 16.7 Å². The third kappa shape index (κ3) is 4.32. The molecule has 3 aromatic rings. The number of hydrogen-bond donors (Lipinski definition) is 2. The molecule has 2 amide bonds. The minimum atomic E-state index is -0.541. The zero-order valence-electron chi connectivity index (χ0n) is 18.1. The number of rotatable bonds is 8. The van der Waals surface area contributed by atoms with Crippen LogP contribution in [0, 0.1) is 5.92 Å². The molecule has 1 aliphatic heterocycles. The third-order valence-corrected chi connectivity index (χ3v) is 6.39. The third-order valence-electron chi connectivity index (χ3n) is 5.75. The first-order valence-electron chi connectivity index (χ1n) is 10.6. The lowest BCUT2D eigenvalue weighted by Gasteiger charge is -2.31. The normalized spacial score (nSPS) is 15.4.